The molecule has 0 saturated heterocycles. The molecule has 4 aliphatic rings. The van der Waals surface area contributed by atoms with Crippen molar-refractivity contribution in [3.05, 3.63) is 21.6 Å². The van der Waals surface area contributed by atoms with E-state index in [0.717, 1.165) is 32.1 Å². The van der Waals surface area contributed by atoms with Gasteiger partial charge in [0.25, 0.3) is 5.56 Å². The summed E-state index contributed by atoms with van der Waals surface area (Å²) < 4.78 is 1.40. The molecule has 6 nitrogen and oxygen atoms in total. The lowest BCUT2D eigenvalue weighted by molar-refractivity contribution is -0.168. The number of hydrogen-bond donors (Lipinski definition) is 2. The summed E-state index contributed by atoms with van der Waals surface area (Å²) >= 11 is 6.18. The fourth-order valence-corrected chi connectivity index (χ4v) is 5.88. The van der Waals surface area contributed by atoms with E-state index >= 15 is 0 Å². The number of carbonyl (C=O) groups is 1. The standard InChI is InChI=1S/C16H20ClN3O3/c1-18-11-7-19-20(14(21)13(11)17)16-5-8-2-9(6-16)4-10(3-8)12(16)15(22)23/h7-10,12,18H,2-6H2,1H3,(H,22,23). The van der Waals surface area contributed by atoms with Crippen LogP contribution in [0.2, 0.25) is 5.02 Å². The van der Waals surface area contributed by atoms with Crippen molar-refractivity contribution in [3.63, 3.8) is 0 Å². The van der Waals surface area contributed by atoms with E-state index < -0.39 is 17.4 Å². The van der Waals surface area contributed by atoms with Crippen LogP contribution < -0.4 is 10.9 Å². The molecule has 4 saturated carbocycles. The first-order valence-corrected chi connectivity index (χ1v) is 8.53. The molecule has 23 heavy (non-hydrogen) atoms. The molecule has 2 N–H and O–H groups in total. The fourth-order valence-electron chi connectivity index (χ4n) is 5.66. The van der Waals surface area contributed by atoms with Gasteiger partial charge in [0.1, 0.15) is 5.02 Å². The summed E-state index contributed by atoms with van der Waals surface area (Å²) in [5.74, 6) is -0.206. The highest BCUT2D eigenvalue weighted by Gasteiger charge is 2.61. The molecular weight excluding hydrogens is 318 g/mol. The summed E-state index contributed by atoms with van der Waals surface area (Å²) in [5, 5.41) is 17.1. The molecule has 5 rings (SSSR count). The summed E-state index contributed by atoms with van der Waals surface area (Å²) in [6, 6.07) is 0. The average molecular weight is 338 g/mol. The minimum absolute atomic E-state index is 0.0855. The third kappa shape index (κ3) is 1.97. The first-order valence-electron chi connectivity index (χ1n) is 8.15. The smallest absolute Gasteiger partial charge is 0.309 e. The first-order chi connectivity index (χ1) is 11.0. The van der Waals surface area contributed by atoms with Crippen LogP contribution in [0.3, 0.4) is 0 Å². The van der Waals surface area contributed by atoms with E-state index in [-0.39, 0.29) is 16.5 Å². The molecular formula is C16H20ClN3O3. The maximum absolute atomic E-state index is 12.8. The van der Waals surface area contributed by atoms with Crippen LogP contribution in [0.5, 0.6) is 0 Å². The Bertz CT molecular complexity index is 718. The Balaban J connectivity index is 1.90. The van der Waals surface area contributed by atoms with Crippen molar-refractivity contribution in [2.75, 3.05) is 12.4 Å². The number of nitrogens with one attached hydrogen (secondary N) is 1. The second-order valence-corrected chi connectivity index (χ2v) is 7.74. The van der Waals surface area contributed by atoms with Gasteiger partial charge >= 0.3 is 5.97 Å². The lowest BCUT2D eigenvalue weighted by atomic mass is 9.48. The van der Waals surface area contributed by atoms with Crippen LogP contribution in [0.15, 0.2) is 11.0 Å². The SMILES string of the molecule is CNc1cnn(C23CC4CC(CC(C4)C2C(=O)O)C3)c(=O)c1Cl. The molecule has 124 valence electrons. The van der Waals surface area contributed by atoms with E-state index in [4.69, 9.17) is 11.6 Å². The highest BCUT2D eigenvalue weighted by Crippen LogP contribution is 2.61. The highest BCUT2D eigenvalue weighted by molar-refractivity contribution is 6.32. The zero-order valence-electron chi connectivity index (χ0n) is 13.0. The third-order valence-corrected chi connectivity index (χ3v) is 6.51. The van der Waals surface area contributed by atoms with Crippen LogP contribution in [0.25, 0.3) is 0 Å². The topological polar surface area (TPSA) is 84.2 Å². The molecule has 0 radical (unpaired) electrons. The molecule has 4 bridgehead atoms. The van der Waals surface area contributed by atoms with Gasteiger partial charge in [0.15, 0.2) is 0 Å². The molecule has 3 unspecified atom stereocenters. The van der Waals surface area contributed by atoms with Gasteiger partial charge in [0.05, 0.1) is 23.3 Å². The lowest BCUT2D eigenvalue weighted by Crippen LogP contribution is -2.63. The van der Waals surface area contributed by atoms with E-state index in [2.05, 4.69) is 10.4 Å². The van der Waals surface area contributed by atoms with Gasteiger partial charge < -0.3 is 10.4 Å². The number of aliphatic carboxylic acids is 1. The van der Waals surface area contributed by atoms with Gasteiger partial charge in [0.2, 0.25) is 0 Å². The number of nitrogens with zero attached hydrogens (tertiary/aromatic N) is 2. The third-order valence-electron chi connectivity index (χ3n) is 6.15. The Hall–Kier alpha value is -1.56. The van der Waals surface area contributed by atoms with Gasteiger partial charge in [-0.2, -0.15) is 5.10 Å². The molecule has 4 fully saturated rings. The Labute approximate surface area is 138 Å². The van der Waals surface area contributed by atoms with Gasteiger partial charge in [-0.05, 0) is 49.9 Å². The van der Waals surface area contributed by atoms with Crippen LogP contribution in [0.4, 0.5) is 5.69 Å². The Morgan fingerprint density at radius 3 is 2.61 bits per heavy atom. The fraction of sp³-hybridized carbons (Fsp3) is 0.688. The second-order valence-electron chi connectivity index (χ2n) is 7.37. The Kier molecular flexibility index (Phi) is 3.24. The second kappa shape index (κ2) is 4.97. The van der Waals surface area contributed by atoms with E-state index in [0.29, 0.717) is 17.5 Å². The zero-order chi connectivity index (χ0) is 16.4. The van der Waals surface area contributed by atoms with Crippen molar-refractivity contribution in [3.8, 4) is 0 Å². The maximum Gasteiger partial charge on any atom is 0.309 e. The molecule has 0 spiro atoms. The predicted molar refractivity (Wildman–Crippen MR) is 85.7 cm³/mol. The van der Waals surface area contributed by atoms with E-state index in [1.807, 2.05) is 0 Å². The highest BCUT2D eigenvalue weighted by atomic mass is 35.5. The number of hydrogen-bond acceptors (Lipinski definition) is 4. The van der Waals surface area contributed by atoms with Crippen LogP contribution in [0, 0.1) is 23.7 Å². The Morgan fingerprint density at radius 2 is 2.04 bits per heavy atom. The van der Waals surface area contributed by atoms with Gasteiger partial charge in [-0.1, -0.05) is 11.6 Å². The normalized spacial score (nSPS) is 37.8. The zero-order valence-corrected chi connectivity index (χ0v) is 13.7. The van der Waals surface area contributed by atoms with Crippen LogP contribution in [0.1, 0.15) is 32.1 Å². The quantitative estimate of drug-likeness (QED) is 0.883. The van der Waals surface area contributed by atoms with Crippen molar-refractivity contribution in [2.24, 2.45) is 23.7 Å². The molecule has 4 aliphatic carbocycles. The number of anilines is 1. The number of halogens is 1. The van der Waals surface area contributed by atoms with Gasteiger partial charge in [-0.3, -0.25) is 9.59 Å². The molecule has 1 aromatic rings. The number of carboxylic acids is 1. The van der Waals surface area contributed by atoms with Gasteiger partial charge in [-0.15, -0.1) is 0 Å². The number of carboxylic acid groups (broad SMARTS) is 1. The first kappa shape index (κ1) is 15.0. The van der Waals surface area contributed by atoms with E-state index in [9.17, 15) is 14.7 Å². The summed E-state index contributed by atoms with van der Waals surface area (Å²) in [6.45, 7) is 0. The summed E-state index contributed by atoms with van der Waals surface area (Å²) in [4.78, 5) is 24.8. The van der Waals surface area contributed by atoms with Crippen LogP contribution in [-0.4, -0.2) is 27.9 Å². The summed E-state index contributed by atoms with van der Waals surface area (Å²) in [5.41, 5.74) is -0.621. The van der Waals surface area contributed by atoms with Crippen molar-refractivity contribution < 1.29 is 9.90 Å². The molecule has 0 aliphatic heterocycles. The molecule has 7 heteroatoms. The summed E-state index contributed by atoms with van der Waals surface area (Å²) in [7, 11) is 1.68. The molecule has 1 aromatic heterocycles. The lowest BCUT2D eigenvalue weighted by Gasteiger charge is -2.59. The number of rotatable bonds is 3. The number of aromatic nitrogens is 2. The van der Waals surface area contributed by atoms with Crippen LogP contribution >= 0.6 is 11.6 Å². The minimum Gasteiger partial charge on any atom is -0.481 e. The summed E-state index contributed by atoms with van der Waals surface area (Å²) in [6.07, 6.45) is 6.06. The predicted octanol–water partition coefficient (Wildman–Crippen LogP) is 2.17. The average Bonchev–Trinajstić information content (AvgIpc) is 2.48. The monoisotopic (exact) mass is 337 g/mol. The van der Waals surface area contributed by atoms with Gasteiger partial charge in [-0.25, -0.2) is 4.68 Å². The van der Waals surface area contributed by atoms with Crippen molar-refractivity contribution in [1.29, 1.82) is 0 Å². The molecule has 1 heterocycles. The largest absolute Gasteiger partial charge is 0.481 e. The Morgan fingerprint density at radius 1 is 1.39 bits per heavy atom. The molecule has 0 amide bonds. The van der Waals surface area contributed by atoms with Crippen molar-refractivity contribution >= 4 is 23.3 Å². The van der Waals surface area contributed by atoms with Crippen molar-refractivity contribution in [2.45, 2.75) is 37.6 Å². The minimum atomic E-state index is -0.809. The van der Waals surface area contributed by atoms with E-state index in [1.54, 1.807) is 7.05 Å². The van der Waals surface area contributed by atoms with Crippen LogP contribution in [-0.2, 0) is 10.3 Å². The van der Waals surface area contributed by atoms with E-state index in [1.165, 1.54) is 10.9 Å². The molecule has 3 atom stereocenters. The van der Waals surface area contributed by atoms with Gasteiger partial charge in [0, 0.05) is 7.05 Å². The molecule has 0 aromatic carbocycles. The maximum atomic E-state index is 12.8. The van der Waals surface area contributed by atoms with Crippen molar-refractivity contribution in [1.82, 2.24) is 9.78 Å².